The SMILES string of the molecule is CC(C)Nc1cc(-c2ccc3cc(C#N)cnn23)ncc1-c1nnc(N2CCN(C3CCN(C(=O)CNc4cccc5c4C(=O)N(C4CCC(=O)NC4=O)C5=O)CC3)CC2)s1. The third kappa shape index (κ3) is 7.64. The Morgan fingerprint density at radius 3 is 2.49 bits per heavy atom. The molecule has 61 heavy (non-hydrogen) atoms. The molecule has 4 aliphatic rings. The van der Waals surface area contributed by atoms with Crippen LogP contribution in [0.15, 0.2) is 54.9 Å². The van der Waals surface area contributed by atoms with Gasteiger partial charge in [-0.2, -0.15) is 10.4 Å². The van der Waals surface area contributed by atoms with E-state index in [2.05, 4.69) is 61.0 Å². The zero-order valence-electron chi connectivity index (χ0n) is 33.6. The number of anilines is 3. The van der Waals surface area contributed by atoms with Crippen LogP contribution in [0.3, 0.4) is 0 Å². The summed E-state index contributed by atoms with van der Waals surface area (Å²) in [5.74, 6) is -2.42. The fourth-order valence-corrected chi connectivity index (χ4v) is 9.53. The maximum absolute atomic E-state index is 13.5. The van der Waals surface area contributed by atoms with Gasteiger partial charge in [0.2, 0.25) is 22.9 Å². The van der Waals surface area contributed by atoms with Crippen molar-refractivity contribution >= 4 is 62.9 Å². The summed E-state index contributed by atoms with van der Waals surface area (Å²) in [5, 5.41) is 33.4. The normalized spacial score (nSPS) is 18.8. The minimum atomic E-state index is -1.06. The number of fused-ring (bicyclic) bond motifs is 2. The van der Waals surface area contributed by atoms with E-state index in [1.165, 1.54) is 6.07 Å². The molecule has 1 aromatic carbocycles. The Bertz CT molecular complexity index is 2620. The molecule has 0 saturated carbocycles. The van der Waals surface area contributed by atoms with E-state index >= 15 is 0 Å². The molecule has 312 valence electrons. The van der Waals surface area contributed by atoms with Gasteiger partial charge in [0.15, 0.2) is 5.01 Å². The van der Waals surface area contributed by atoms with Crippen LogP contribution in [-0.4, -0.2) is 133 Å². The second-order valence-electron chi connectivity index (χ2n) is 15.9. The van der Waals surface area contributed by atoms with Gasteiger partial charge in [-0.15, -0.1) is 10.2 Å². The zero-order chi connectivity index (χ0) is 42.4. The molecule has 3 fully saturated rings. The number of rotatable bonds is 10. The second-order valence-corrected chi connectivity index (χ2v) is 16.8. The predicted molar refractivity (Wildman–Crippen MR) is 226 cm³/mol. The monoisotopic (exact) mass is 841 g/mol. The van der Waals surface area contributed by atoms with Crippen LogP contribution in [0.4, 0.5) is 16.5 Å². The molecule has 0 aliphatic carbocycles. The lowest BCUT2D eigenvalue weighted by molar-refractivity contribution is -0.136. The average molecular weight is 842 g/mol. The summed E-state index contributed by atoms with van der Waals surface area (Å²) in [4.78, 5) is 76.5. The number of benzene rings is 1. The maximum Gasteiger partial charge on any atom is 0.264 e. The quantitative estimate of drug-likeness (QED) is 0.172. The first kappa shape index (κ1) is 39.7. The van der Waals surface area contributed by atoms with Crippen LogP contribution in [0.25, 0.3) is 27.5 Å². The fraction of sp³-hybridized carbons (Fsp3) is 0.381. The minimum Gasteiger partial charge on any atom is -0.382 e. The van der Waals surface area contributed by atoms with Crippen molar-refractivity contribution in [3.8, 4) is 28.0 Å². The molecule has 1 atom stereocenters. The van der Waals surface area contributed by atoms with E-state index in [4.69, 9.17) is 4.98 Å². The number of aromatic nitrogens is 5. The summed E-state index contributed by atoms with van der Waals surface area (Å²) >= 11 is 1.54. The van der Waals surface area contributed by atoms with Crippen LogP contribution in [0, 0.1) is 11.3 Å². The summed E-state index contributed by atoms with van der Waals surface area (Å²) < 4.78 is 1.78. The number of carbonyl (C=O) groups excluding carboxylic acids is 5. The highest BCUT2D eigenvalue weighted by atomic mass is 32.1. The van der Waals surface area contributed by atoms with E-state index in [-0.39, 0.29) is 42.5 Å². The predicted octanol–water partition coefficient (Wildman–Crippen LogP) is 3.23. The van der Waals surface area contributed by atoms with Crippen molar-refractivity contribution < 1.29 is 24.0 Å². The first-order valence-electron chi connectivity index (χ1n) is 20.4. The first-order chi connectivity index (χ1) is 29.6. The van der Waals surface area contributed by atoms with Gasteiger partial charge in [0.1, 0.15) is 12.1 Å². The lowest BCUT2D eigenvalue weighted by Crippen LogP contribution is -2.54. The van der Waals surface area contributed by atoms with Crippen LogP contribution in [0.2, 0.25) is 0 Å². The molecular formula is C42H43N13O5S. The average Bonchev–Trinajstić information content (AvgIpc) is 3.99. The number of piperidine rings is 2. The summed E-state index contributed by atoms with van der Waals surface area (Å²) in [6, 6.07) is 14.1. The molecular weight excluding hydrogens is 799 g/mol. The number of hydrogen-bond donors (Lipinski definition) is 3. The summed E-state index contributed by atoms with van der Waals surface area (Å²) in [6.07, 6.45) is 5.16. The topological polar surface area (TPSA) is 214 Å². The number of amides is 5. The van der Waals surface area contributed by atoms with E-state index in [0.29, 0.717) is 30.4 Å². The van der Waals surface area contributed by atoms with Crippen LogP contribution in [0.5, 0.6) is 0 Å². The molecule has 18 nitrogen and oxygen atoms in total. The Balaban J connectivity index is 0.780. The van der Waals surface area contributed by atoms with Crippen LogP contribution >= 0.6 is 11.3 Å². The molecule has 1 unspecified atom stereocenters. The third-order valence-corrected chi connectivity index (χ3v) is 12.7. The molecule has 5 aromatic rings. The number of imide groups is 2. The van der Waals surface area contributed by atoms with Crippen molar-refractivity contribution in [1.82, 2.24) is 44.8 Å². The van der Waals surface area contributed by atoms with Gasteiger partial charge in [0.05, 0.1) is 51.9 Å². The standard InChI is InChI=1S/C42H43N13O5S/c1-24(2)47-31-19-32(33-7-6-27-18-25(20-43)21-46-55(27)33)44-22-29(31)39-49-50-42(61-39)53-16-14-51(15-17-53)26-10-12-52(13-11-26)36(57)23-45-30-5-3-4-28-37(30)41(60)54(40(28)59)34-8-9-35(56)48-38(34)58/h3-7,18-19,21-22,24,26,34,45H,8-17,23H2,1-2H3,(H,44,47)(H,48,56,58). The van der Waals surface area contributed by atoms with Crippen molar-refractivity contribution in [1.29, 1.82) is 5.26 Å². The Morgan fingerprint density at radius 1 is 0.934 bits per heavy atom. The van der Waals surface area contributed by atoms with Gasteiger partial charge in [0, 0.05) is 75.3 Å². The van der Waals surface area contributed by atoms with Crippen LogP contribution in [0.1, 0.15) is 65.8 Å². The molecule has 19 heteroatoms. The molecule has 0 bridgehead atoms. The summed E-state index contributed by atoms with van der Waals surface area (Å²) in [6.45, 7) is 8.67. The van der Waals surface area contributed by atoms with Crippen LogP contribution in [-0.2, 0) is 14.4 Å². The molecule has 4 aliphatic heterocycles. The number of nitrogens with zero attached hydrogens (tertiary/aromatic N) is 10. The van der Waals surface area contributed by atoms with Gasteiger partial charge >= 0.3 is 0 Å². The van der Waals surface area contributed by atoms with Gasteiger partial charge in [-0.3, -0.25) is 44.1 Å². The smallest absolute Gasteiger partial charge is 0.264 e. The van der Waals surface area contributed by atoms with Gasteiger partial charge in [0.25, 0.3) is 11.8 Å². The van der Waals surface area contributed by atoms with E-state index in [0.717, 1.165) is 82.2 Å². The second kappa shape index (κ2) is 16.3. The zero-order valence-corrected chi connectivity index (χ0v) is 34.4. The molecule has 4 aromatic heterocycles. The molecule has 0 spiro atoms. The van der Waals surface area contributed by atoms with Crippen molar-refractivity contribution in [2.45, 2.75) is 57.7 Å². The van der Waals surface area contributed by atoms with E-state index in [1.54, 1.807) is 40.2 Å². The Labute approximate surface area is 354 Å². The van der Waals surface area contributed by atoms with E-state index in [1.807, 2.05) is 29.3 Å². The summed E-state index contributed by atoms with van der Waals surface area (Å²) in [7, 11) is 0. The lowest BCUT2D eigenvalue weighted by Gasteiger charge is -2.42. The third-order valence-electron chi connectivity index (χ3n) is 11.7. The number of carbonyl (C=O) groups is 5. The van der Waals surface area contributed by atoms with Gasteiger partial charge in [-0.1, -0.05) is 17.4 Å². The van der Waals surface area contributed by atoms with Crippen molar-refractivity contribution in [3.05, 3.63) is 71.5 Å². The van der Waals surface area contributed by atoms with Crippen molar-refractivity contribution in [2.24, 2.45) is 0 Å². The molecule has 3 N–H and O–H groups in total. The number of piperazine rings is 1. The number of pyridine rings is 1. The van der Waals surface area contributed by atoms with E-state index in [9.17, 15) is 29.2 Å². The number of nitrogens with one attached hydrogen (secondary N) is 3. The molecule has 0 radical (unpaired) electrons. The largest absolute Gasteiger partial charge is 0.382 e. The first-order valence-corrected chi connectivity index (χ1v) is 21.2. The van der Waals surface area contributed by atoms with Gasteiger partial charge < -0.3 is 20.4 Å². The fourth-order valence-electron chi connectivity index (χ4n) is 8.61. The van der Waals surface area contributed by atoms with Crippen molar-refractivity contribution in [3.63, 3.8) is 0 Å². The highest BCUT2D eigenvalue weighted by Crippen LogP contribution is 2.37. The van der Waals surface area contributed by atoms with Crippen LogP contribution < -0.4 is 20.9 Å². The molecule has 3 saturated heterocycles. The Hall–Kier alpha value is -6.78. The Kier molecular flexibility index (Phi) is 10.6. The van der Waals surface area contributed by atoms with Gasteiger partial charge in [-0.25, -0.2) is 4.52 Å². The molecule has 5 amide bonds. The molecule has 9 rings (SSSR count). The maximum atomic E-state index is 13.5. The van der Waals surface area contributed by atoms with Crippen molar-refractivity contribution in [2.75, 3.05) is 61.3 Å². The highest BCUT2D eigenvalue weighted by molar-refractivity contribution is 7.18. The lowest BCUT2D eigenvalue weighted by atomic mass is 10.0. The highest BCUT2D eigenvalue weighted by Gasteiger charge is 2.45. The number of nitriles is 1. The molecule has 8 heterocycles. The van der Waals surface area contributed by atoms with Gasteiger partial charge in [-0.05, 0) is 69.5 Å². The van der Waals surface area contributed by atoms with E-state index < -0.39 is 29.7 Å². The Morgan fingerprint density at radius 2 is 1.74 bits per heavy atom. The minimum absolute atomic E-state index is 0.0375. The summed E-state index contributed by atoms with van der Waals surface area (Å²) in [5.41, 5.74) is 5.27. The number of likely N-dealkylation sites (tertiary alicyclic amines) is 1. The number of hydrogen-bond acceptors (Lipinski definition) is 15.